The summed E-state index contributed by atoms with van der Waals surface area (Å²) in [6.07, 6.45) is 0.295. The molecule has 0 bridgehead atoms. The first-order valence-corrected chi connectivity index (χ1v) is 5.74. The van der Waals surface area contributed by atoms with E-state index in [-0.39, 0.29) is 12.3 Å². The van der Waals surface area contributed by atoms with Gasteiger partial charge in [0, 0.05) is 13.0 Å². The van der Waals surface area contributed by atoms with Crippen molar-refractivity contribution in [2.45, 2.75) is 13.3 Å². The SMILES string of the molecule is CC(=O)CCNC(=O)Nc1c(Cl)cccc1Cl. The van der Waals surface area contributed by atoms with E-state index >= 15 is 0 Å². The van der Waals surface area contributed by atoms with Crippen LogP contribution in [-0.4, -0.2) is 18.4 Å². The van der Waals surface area contributed by atoms with E-state index in [4.69, 9.17) is 23.2 Å². The number of carbonyl (C=O) groups excluding carboxylic acids is 2. The molecule has 0 saturated heterocycles. The fourth-order valence-corrected chi connectivity index (χ4v) is 1.62. The van der Waals surface area contributed by atoms with Gasteiger partial charge >= 0.3 is 6.03 Å². The van der Waals surface area contributed by atoms with Gasteiger partial charge in [0.25, 0.3) is 0 Å². The van der Waals surface area contributed by atoms with E-state index in [0.29, 0.717) is 22.2 Å². The van der Waals surface area contributed by atoms with Crippen molar-refractivity contribution in [1.29, 1.82) is 0 Å². The minimum absolute atomic E-state index is 0.0149. The highest BCUT2D eigenvalue weighted by atomic mass is 35.5. The number of urea groups is 1. The van der Waals surface area contributed by atoms with Crippen LogP contribution in [0.25, 0.3) is 0 Å². The second kappa shape index (κ2) is 6.47. The third-order valence-corrected chi connectivity index (χ3v) is 2.59. The fourth-order valence-electron chi connectivity index (χ4n) is 1.13. The van der Waals surface area contributed by atoms with Crippen molar-refractivity contribution in [3.8, 4) is 0 Å². The zero-order valence-corrected chi connectivity index (χ0v) is 10.7. The van der Waals surface area contributed by atoms with Crippen molar-refractivity contribution in [2.75, 3.05) is 11.9 Å². The van der Waals surface area contributed by atoms with Crippen molar-refractivity contribution >= 4 is 40.7 Å². The van der Waals surface area contributed by atoms with Gasteiger partial charge in [-0.15, -0.1) is 0 Å². The lowest BCUT2D eigenvalue weighted by Gasteiger charge is -2.09. The molecule has 92 valence electrons. The predicted octanol–water partition coefficient (Wildman–Crippen LogP) is 3.09. The molecule has 0 aliphatic heterocycles. The van der Waals surface area contributed by atoms with Gasteiger partial charge < -0.3 is 10.6 Å². The van der Waals surface area contributed by atoms with E-state index in [0.717, 1.165) is 0 Å². The van der Waals surface area contributed by atoms with Crippen LogP contribution in [0.1, 0.15) is 13.3 Å². The third kappa shape index (κ3) is 4.63. The molecule has 0 heterocycles. The van der Waals surface area contributed by atoms with Crippen LogP contribution in [0.2, 0.25) is 10.0 Å². The Morgan fingerprint density at radius 2 is 1.82 bits per heavy atom. The molecule has 6 heteroatoms. The Morgan fingerprint density at radius 3 is 2.35 bits per heavy atom. The summed E-state index contributed by atoms with van der Waals surface area (Å²) >= 11 is 11.8. The Balaban J connectivity index is 2.53. The average Bonchev–Trinajstić information content (AvgIpc) is 2.23. The van der Waals surface area contributed by atoms with Crippen molar-refractivity contribution in [1.82, 2.24) is 5.32 Å². The number of amides is 2. The topological polar surface area (TPSA) is 58.2 Å². The summed E-state index contributed by atoms with van der Waals surface area (Å²) in [6, 6.07) is 4.49. The highest BCUT2D eigenvalue weighted by molar-refractivity contribution is 6.39. The van der Waals surface area contributed by atoms with Crippen LogP contribution in [0, 0.1) is 0 Å². The predicted molar refractivity (Wildman–Crippen MR) is 68.8 cm³/mol. The molecule has 2 N–H and O–H groups in total. The summed E-state index contributed by atoms with van der Waals surface area (Å²) in [5.74, 6) is 0.0149. The van der Waals surface area contributed by atoms with Crippen molar-refractivity contribution in [3.63, 3.8) is 0 Å². The van der Waals surface area contributed by atoms with Crippen LogP contribution in [0.4, 0.5) is 10.5 Å². The normalized spacial score (nSPS) is 9.82. The summed E-state index contributed by atoms with van der Waals surface area (Å²) < 4.78 is 0. The Kier molecular flexibility index (Phi) is 5.25. The molecule has 17 heavy (non-hydrogen) atoms. The molecule has 1 aromatic rings. The lowest BCUT2D eigenvalue weighted by molar-refractivity contribution is -0.116. The lowest BCUT2D eigenvalue weighted by atomic mass is 10.3. The second-order valence-corrected chi connectivity index (χ2v) is 4.24. The van der Waals surface area contributed by atoms with Gasteiger partial charge in [0.05, 0.1) is 15.7 Å². The quantitative estimate of drug-likeness (QED) is 0.887. The number of hydrogen-bond acceptors (Lipinski definition) is 2. The van der Waals surface area contributed by atoms with Crippen LogP contribution in [0.3, 0.4) is 0 Å². The Hall–Kier alpha value is -1.26. The molecule has 0 aliphatic carbocycles. The van der Waals surface area contributed by atoms with Gasteiger partial charge in [-0.25, -0.2) is 4.79 Å². The number of para-hydroxylation sites is 1. The smallest absolute Gasteiger partial charge is 0.319 e. The number of carbonyl (C=O) groups is 2. The van der Waals surface area contributed by atoms with Gasteiger partial charge in [-0.05, 0) is 19.1 Å². The minimum Gasteiger partial charge on any atom is -0.337 e. The number of benzene rings is 1. The zero-order valence-electron chi connectivity index (χ0n) is 9.22. The molecule has 0 saturated carbocycles. The van der Waals surface area contributed by atoms with Crippen molar-refractivity contribution < 1.29 is 9.59 Å². The van der Waals surface area contributed by atoms with Gasteiger partial charge in [-0.3, -0.25) is 4.79 Å². The maximum atomic E-state index is 11.4. The standard InChI is InChI=1S/C11H12Cl2N2O2/c1-7(16)5-6-14-11(17)15-10-8(12)3-2-4-9(10)13/h2-4H,5-6H2,1H3,(H2,14,15,17). The lowest BCUT2D eigenvalue weighted by Crippen LogP contribution is -2.30. The highest BCUT2D eigenvalue weighted by Crippen LogP contribution is 2.29. The largest absolute Gasteiger partial charge is 0.337 e. The molecule has 0 aromatic heterocycles. The Morgan fingerprint density at radius 1 is 1.24 bits per heavy atom. The zero-order chi connectivity index (χ0) is 12.8. The molecule has 2 amide bonds. The number of halogens is 2. The van der Waals surface area contributed by atoms with E-state index in [9.17, 15) is 9.59 Å². The maximum Gasteiger partial charge on any atom is 0.319 e. The molecule has 0 atom stereocenters. The summed E-state index contributed by atoms with van der Waals surface area (Å²) in [7, 11) is 0. The molecule has 0 spiro atoms. The van der Waals surface area contributed by atoms with E-state index in [1.54, 1.807) is 18.2 Å². The first-order valence-electron chi connectivity index (χ1n) is 4.99. The molecular weight excluding hydrogens is 263 g/mol. The number of rotatable bonds is 4. The van der Waals surface area contributed by atoms with Crippen LogP contribution < -0.4 is 10.6 Å². The molecule has 4 nitrogen and oxygen atoms in total. The number of Topliss-reactive ketones (excluding diaryl/α,β-unsaturated/α-hetero) is 1. The van der Waals surface area contributed by atoms with E-state index in [1.165, 1.54) is 6.92 Å². The van der Waals surface area contributed by atoms with Crippen LogP contribution >= 0.6 is 23.2 Å². The van der Waals surface area contributed by atoms with E-state index in [1.807, 2.05) is 0 Å². The van der Waals surface area contributed by atoms with Crippen molar-refractivity contribution in [2.24, 2.45) is 0 Å². The van der Waals surface area contributed by atoms with Gasteiger partial charge in [0.15, 0.2) is 0 Å². The van der Waals surface area contributed by atoms with Gasteiger partial charge in [-0.2, -0.15) is 0 Å². The maximum absolute atomic E-state index is 11.4. The monoisotopic (exact) mass is 274 g/mol. The highest BCUT2D eigenvalue weighted by Gasteiger charge is 2.08. The van der Waals surface area contributed by atoms with Gasteiger partial charge in [-0.1, -0.05) is 29.3 Å². The molecule has 0 radical (unpaired) electrons. The fraction of sp³-hybridized carbons (Fsp3) is 0.273. The van der Waals surface area contributed by atoms with Crippen molar-refractivity contribution in [3.05, 3.63) is 28.2 Å². The molecular formula is C11H12Cl2N2O2. The van der Waals surface area contributed by atoms with Gasteiger partial charge in [0.1, 0.15) is 5.78 Å². The van der Waals surface area contributed by atoms with Crippen LogP contribution in [-0.2, 0) is 4.79 Å². The number of nitrogens with one attached hydrogen (secondary N) is 2. The second-order valence-electron chi connectivity index (χ2n) is 3.43. The third-order valence-electron chi connectivity index (χ3n) is 1.96. The van der Waals surface area contributed by atoms with Gasteiger partial charge in [0.2, 0.25) is 0 Å². The Labute approximate surface area is 109 Å². The first-order chi connectivity index (χ1) is 8.00. The molecule has 0 aliphatic rings. The summed E-state index contributed by atoms with van der Waals surface area (Å²) in [6.45, 7) is 1.74. The Bertz CT molecular complexity index is 415. The number of ketones is 1. The summed E-state index contributed by atoms with van der Waals surface area (Å²) in [5.41, 5.74) is 0.358. The molecule has 1 rings (SSSR count). The first kappa shape index (κ1) is 13.8. The molecule has 0 unspecified atom stereocenters. The van der Waals surface area contributed by atoms with Crippen LogP contribution in [0.15, 0.2) is 18.2 Å². The minimum atomic E-state index is -0.443. The molecule has 0 fully saturated rings. The van der Waals surface area contributed by atoms with E-state index in [2.05, 4.69) is 10.6 Å². The number of anilines is 1. The number of hydrogen-bond donors (Lipinski definition) is 2. The molecule has 1 aromatic carbocycles. The summed E-state index contributed by atoms with van der Waals surface area (Å²) in [4.78, 5) is 22.1. The average molecular weight is 275 g/mol. The van der Waals surface area contributed by atoms with E-state index < -0.39 is 6.03 Å². The summed E-state index contributed by atoms with van der Waals surface area (Å²) in [5, 5.41) is 5.78. The van der Waals surface area contributed by atoms with Crippen LogP contribution in [0.5, 0.6) is 0 Å².